The molecule has 1 rings (SSSR count). The second kappa shape index (κ2) is 6.95. The lowest BCUT2D eigenvalue weighted by Gasteiger charge is -2.35. The van der Waals surface area contributed by atoms with Gasteiger partial charge >= 0.3 is 5.97 Å². The molecule has 4 nitrogen and oxygen atoms in total. The zero-order chi connectivity index (χ0) is 15.3. The van der Waals surface area contributed by atoms with Crippen LogP contribution in [0.25, 0.3) is 0 Å². The van der Waals surface area contributed by atoms with Gasteiger partial charge in [-0.15, -0.1) is 0 Å². The summed E-state index contributed by atoms with van der Waals surface area (Å²) in [4.78, 5) is 12.9. The van der Waals surface area contributed by atoms with Crippen LogP contribution < -0.4 is 4.74 Å². The molecular weight excluding hydrogens is 278 g/mol. The van der Waals surface area contributed by atoms with Crippen LogP contribution in [0.1, 0.15) is 32.8 Å². The Labute approximate surface area is 125 Å². The number of carbonyl (C=O) groups is 1. The summed E-state index contributed by atoms with van der Waals surface area (Å²) in [6.45, 7) is 7.18. The van der Waals surface area contributed by atoms with E-state index in [-0.39, 0.29) is 12.0 Å². The molecule has 0 aromatic heterocycles. The van der Waals surface area contributed by atoms with Crippen molar-refractivity contribution in [3.05, 3.63) is 28.8 Å². The lowest BCUT2D eigenvalue weighted by Crippen LogP contribution is -2.42. The van der Waals surface area contributed by atoms with Crippen LogP contribution >= 0.6 is 11.6 Å². The third-order valence-corrected chi connectivity index (χ3v) is 3.54. The first-order valence-electron chi connectivity index (χ1n) is 6.54. The molecule has 1 aromatic carbocycles. The molecule has 112 valence electrons. The monoisotopic (exact) mass is 299 g/mol. The summed E-state index contributed by atoms with van der Waals surface area (Å²) in [6.07, 6.45) is 0.101. The number of hydrogen-bond acceptors (Lipinski definition) is 3. The largest absolute Gasteiger partial charge is 0.496 e. The van der Waals surface area contributed by atoms with Gasteiger partial charge in [-0.1, -0.05) is 17.7 Å². The number of halogens is 1. The predicted molar refractivity (Wildman–Crippen MR) is 80.4 cm³/mol. The van der Waals surface area contributed by atoms with Gasteiger partial charge in [-0.3, -0.25) is 9.69 Å². The van der Waals surface area contributed by atoms with Crippen LogP contribution in [0.5, 0.6) is 5.75 Å². The number of rotatable bonds is 6. The quantitative estimate of drug-likeness (QED) is 0.874. The third kappa shape index (κ3) is 4.69. The number of carboxylic acid groups (broad SMARTS) is 1. The zero-order valence-electron chi connectivity index (χ0n) is 12.4. The van der Waals surface area contributed by atoms with Gasteiger partial charge in [0.05, 0.1) is 13.5 Å². The van der Waals surface area contributed by atoms with E-state index < -0.39 is 5.97 Å². The molecule has 0 fully saturated rings. The van der Waals surface area contributed by atoms with E-state index in [0.717, 1.165) is 11.3 Å². The SMILES string of the molecule is COc1cccc(Cl)c1CN(CCC(=O)O)C(C)(C)C. The Bertz CT molecular complexity index is 469. The van der Waals surface area contributed by atoms with E-state index in [0.29, 0.717) is 18.1 Å². The summed E-state index contributed by atoms with van der Waals surface area (Å²) in [7, 11) is 1.60. The summed E-state index contributed by atoms with van der Waals surface area (Å²) in [6, 6.07) is 5.51. The van der Waals surface area contributed by atoms with Crippen molar-refractivity contribution in [2.24, 2.45) is 0 Å². The Morgan fingerprint density at radius 2 is 2.05 bits per heavy atom. The molecule has 0 aliphatic rings. The highest BCUT2D eigenvalue weighted by Crippen LogP contribution is 2.29. The number of methoxy groups -OCH3 is 1. The van der Waals surface area contributed by atoms with E-state index in [2.05, 4.69) is 25.7 Å². The Balaban J connectivity index is 2.98. The Morgan fingerprint density at radius 1 is 1.40 bits per heavy atom. The molecule has 1 N–H and O–H groups in total. The highest BCUT2D eigenvalue weighted by atomic mass is 35.5. The van der Waals surface area contributed by atoms with Crippen LogP contribution in [-0.4, -0.2) is 35.2 Å². The van der Waals surface area contributed by atoms with Crippen molar-refractivity contribution in [2.45, 2.75) is 39.3 Å². The smallest absolute Gasteiger partial charge is 0.304 e. The van der Waals surface area contributed by atoms with Crippen LogP contribution in [0, 0.1) is 0 Å². The number of carboxylic acids is 1. The van der Waals surface area contributed by atoms with E-state index >= 15 is 0 Å². The summed E-state index contributed by atoms with van der Waals surface area (Å²) in [5.74, 6) is -0.0764. The van der Waals surface area contributed by atoms with Gasteiger partial charge < -0.3 is 9.84 Å². The van der Waals surface area contributed by atoms with Crippen molar-refractivity contribution < 1.29 is 14.6 Å². The second-order valence-electron chi connectivity index (χ2n) is 5.66. The van der Waals surface area contributed by atoms with Gasteiger partial charge in [0.25, 0.3) is 0 Å². The van der Waals surface area contributed by atoms with E-state index in [9.17, 15) is 4.79 Å². The van der Waals surface area contributed by atoms with Crippen molar-refractivity contribution in [2.75, 3.05) is 13.7 Å². The average Bonchev–Trinajstić information content (AvgIpc) is 2.34. The molecule has 0 aliphatic carbocycles. The van der Waals surface area contributed by atoms with E-state index in [4.69, 9.17) is 21.4 Å². The Kier molecular flexibility index (Phi) is 5.84. The number of hydrogen-bond donors (Lipinski definition) is 1. The number of nitrogens with zero attached hydrogens (tertiary/aromatic N) is 1. The Hall–Kier alpha value is -1.26. The van der Waals surface area contributed by atoms with E-state index in [1.807, 2.05) is 18.2 Å². The molecule has 20 heavy (non-hydrogen) atoms. The van der Waals surface area contributed by atoms with Crippen LogP contribution in [0.4, 0.5) is 0 Å². The summed E-state index contributed by atoms with van der Waals surface area (Å²) >= 11 is 6.24. The van der Waals surface area contributed by atoms with Gasteiger partial charge in [-0.05, 0) is 32.9 Å². The lowest BCUT2D eigenvalue weighted by molar-refractivity contribution is -0.137. The molecule has 0 radical (unpaired) electrons. The minimum atomic E-state index is -0.801. The number of ether oxygens (including phenoxy) is 1. The van der Waals surface area contributed by atoms with E-state index in [1.54, 1.807) is 7.11 Å². The molecular formula is C15H22ClNO3. The normalized spacial score (nSPS) is 11.7. The minimum absolute atomic E-state index is 0.101. The van der Waals surface area contributed by atoms with Gasteiger partial charge in [-0.2, -0.15) is 0 Å². The fraction of sp³-hybridized carbons (Fsp3) is 0.533. The van der Waals surface area contributed by atoms with Crippen molar-refractivity contribution in [3.8, 4) is 5.75 Å². The summed E-state index contributed by atoms with van der Waals surface area (Å²) in [5.41, 5.74) is 0.733. The fourth-order valence-corrected chi connectivity index (χ4v) is 2.18. The maximum absolute atomic E-state index is 10.8. The third-order valence-electron chi connectivity index (χ3n) is 3.19. The standard InChI is InChI=1S/C15H22ClNO3/c1-15(2,3)17(9-8-14(18)19)10-11-12(16)6-5-7-13(11)20-4/h5-7H,8-10H2,1-4H3,(H,18,19). The van der Waals surface area contributed by atoms with Gasteiger partial charge in [-0.25, -0.2) is 0 Å². The molecule has 0 atom stereocenters. The first-order valence-corrected chi connectivity index (χ1v) is 6.91. The molecule has 0 amide bonds. The molecule has 0 aliphatic heterocycles. The molecule has 0 saturated heterocycles. The topological polar surface area (TPSA) is 49.8 Å². The lowest BCUT2D eigenvalue weighted by atomic mass is 10.0. The van der Waals surface area contributed by atoms with Gasteiger partial charge in [0, 0.05) is 29.2 Å². The maximum Gasteiger partial charge on any atom is 0.304 e. The predicted octanol–water partition coefficient (Wildman–Crippen LogP) is 3.42. The molecule has 1 aromatic rings. The van der Waals surface area contributed by atoms with E-state index in [1.165, 1.54) is 0 Å². The van der Waals surface area contributed by atoms with Crippen molar-refractivity contribution in [1.29, 1.82) is 0 Å². The second-order valence-corrected chi connectivity index (χ2v) is 6.06. The van der Waals surface area contributed by atoms with Crippen LogP contribution in [0.2, 0.25) is 5.02 Å². The highest BCUT2D eigenvalue weighted by molar-refractivity contribution is 6.31. The molecule has 0 saturated carbocycles. The van der Waals surface area contributed by atoms with Gasteiger partial charge in [0.15, 0.2) is 0 Å². The van der Waals surface area contributed by atoms with Crippen molar-refractivity contribution in [1.82, 2.24) is 4.90 Å². The average molecular weight is 300 g/mol. The van der Waals surface area contributed by atoms with Crippen molar-refractivity contribution in [3.63, 3.8) is 0 Å². The molecule has 0 unspecified atom stereocenters. The zero-order valence-corrected chi connectivity index (χ0v) is 13.2. The van der Waals surface area contributed by atoms with Crippen LogP contribution in [0.15, 0.2) is 18.2 Å². The maximum atomic E-state index is 10.8. The highest BCUT2D eigenvalue weighted by Gasteiger charge is 2.24. The molecule has 0 spiro atoms. The number of aliphatic carboxylic acids is 1. The molecule has 5 heteroatoms. The summed E-state index contributed by atoms with van der Waals surface area (Å²) in [5, 5.41) is 9.51. The fourth-order valence-electron chi connectivity index (χ4n) is 1.96. The summed E-state index contributed by atoms with van der Waals surface area (Å²) < 4.78 is 5.34. The van der Waals surface area contributed by atoms with Crippen molar-refractivity contribution >= 4 is 17.6 Å². The van der Waals surface area contributed by atoms with Gasteiger partial charge in [0.1, 0.15) is 5.75 Å². The molecule has 0 bridgehead atoms. The first kappa shape index (κ1) is 16.8. The van der Waals surface area contributed by atoms with Crippen LogP contribution in [0.3, 0.4) is 0 Å². The number of benzene rings is 1. The Morgan fingerprint density at radius 3 is 2.55 bits per heavy atom. The van der Waals surface area contributed by atoms with Crippen LogP contribution in [-0.2, 0) is 11.3 Å². The molecule has 0 heterocycles. The minimum Gasteiger partial charge on any atom is -0.496 e. The van der Waals surface area contributed by atoms with Gasteiger partial charge in [0.2, 0.25) is 0 Å². The first-order chi connectivity index (χ1) is 9.25.